The van der Waals surface area contributed by atoms with Crippen LogP contribution >= 0.6 is 12.2 Å². The molecule has 0 fully saturated rings. The Bertz CT molecular complexity index is 1470. The predicted molar refractivity (Wildman–Crippen MR) is 120 cm³/mol. The van der Waals surface area contributed by atoms with Gasteiger partial charge < -0.3 is 4.74 Å². The van der Waals surface area contributed by atoms with Crippen LogP contribution in [0.25, 0.3) is 28.0 Å². The van der Waals surface area contributed by atoms with E-state index in [1.165, 1.54) is 10.8 Å². The summed E-state index contributed by atoms with van der Waals surface area (Å²) in [5, 5.41) is 3.61. The van der Waals surface area contributed by atoms with E-state index in [4.69, 9.17) is 17.0 Å². The van der Waals surface area contributed by atoms with Crippen molar-refractivity contribution >= 4 is 23.3 Å². The second-order valence-electron chi connectivity index (χ2n) is 7.21. The van der Waals surface area contributed by atoms with E-state index >= 15 is 0 Å². The van der Waals surface area contributed by atoms with Gasteiger partial charge in [0.15, 0.2) is 10.4 Å². The summed E-state index contributed by atoms with van der Waals surface area (Å²) < 4.78 is 50.9. The summed E-state index contributed by atoms with van der Waals surface area (Å²) in [6.07, 6.45) is -3.34. The molecule has 0 aliphatic heterocycles. The standard InChI is InChI=1S/C22H20F3N5O2S/c1-4-29-12(3)13(11-26-29)15-10-14(22(23,24)25)18-19(27-15)30(21(33)28-20(18)31)16-8-6-7-9-17(16)32-5-2/h6-11H,4-5H2,1-3H3,(H,28,31,33). The summed E-state index contributed by atoms with van der Waals surface area (Å²) >= 11 is 5.35. The number of aromatic nitrogens is 5. The molecule has 0 atom stereocenters. The van der Waals surface area contributed by atoms with Gasteiger partial charge in [0.2, 0.25) is 0 Å². The Labute approximate surface area is 191 Å². The smallest absolute Gasteiger partial charge is 0.417 e. The van der Waals surface area contributed by atoms with Crippen molar-refractivity contribution in [2.24, 2.45) is 0 Å². The number of fused-ring (bicyclic) bond motifs is 1. The van der Waals surface area contributed by atoms with Crippen molar-refractivity contribution in [3.8, 4) is 22.7 Å². The van der Waals surface area contributed by atoms with Crippen LogP contribution in [-0.4, -0.2) is 30.9 Å². The minimum atomic E-state index is -4.81. The van der Waals surface area contributed by atoms with E-state index in [-0.39, 0.29) is 16.1 Å². The number of aromatic amines is 1. The van der Waals surface area contributed by atoms with Gasteiger partial charge in [0.05, 0.1) is 35.1 Å². The lowest BCUT2D eigenvalue weighted by atomic mass is 10.1. The van der Waals surface area contributed by atoms with Crippen LogP contribution < -0.4 is 10.3 Å². The molecule has 0 amide bonds. The van der Waals surface area contributed by atoms with E-state index in [2.05, 4.69) is 15.1 Å². The Balaban J connectivity index is 2.18. The number of benzene rings is 1. The predicted octanol–water partition coefficient (Wildman–Crippen LogP) is 5.05. The molecular formula is C22H20F3N5O2S. The SMILES string of the molecule is CCOc1ccccc1-n1c(=S)[nH]c(=O)c2c(C(F)(F)F)cc(-c3cnn(CC)c3C)nc21. The molecule has 0 radical (unpaired) electrons. The highest BCUT2D eigenvalue weighted by Crippen LogP contribution is 2.37. The van der Waals surface area contributed by atoms with Gasteiger partial charge >= 0.3 is 6.18 Å². The molecule has 1 N–H and O–H groups in total. The molecule has 0 saturated heterocycles. The molecule has 7 nitrogen and oxygen atoms in total. The van der Waals surface area contributed by atoms with Crippen LogP contribution in [0.2, 0.25) is 0 Å². The molecule has 0 bridgehead atoms. The lowest BCUT2D eigenvalue weighted by Gasteiger charge is -2.18. The highest BCUT2D eigenvalue weighted by molar-refractivity contribution is 7.71. The molecule has 33 heavy (non-hydrogen) atoms. The Morgan fingerprint density at radius 1 is 1.21 bits per heavy atom. The molecule has 172 valence electrons. The number of rotatable bonds is 5. The summed E-state index contributed by atoms with van der Waals surface area (Å²) in [6.45, 7) is 6.28. The number of halogens is 3. The van der Waals surface area contributed by atoms with Crippen molar-refractivity contribution in [1.29, 1.82) is 0 Å². The first-order valence-electron chi connectivity index (χ1n) is 10.2. The Morgan fingerprint density at radius 3 is 2.58 bits per heavy atom. The van der Waals surface area contributed by atoms with Gasteiger partial charge in [-0.2, -0.15) is 18.3 Å². The maximum Gasteiger partial charge on any atom is 0.417 e. The highest BCUT2D eigenvalue weighted by atomic mass is 32.1. The van der Waals surface area contributed by atoms with Gasteiger partial charge in [-0.25, -0.2) is 4.98 Å². The summed E-state index contributed by atoms with van der Waals surface area (Å²) in [5.74, 6) is 0.389. The molecule has 1 aromatic carbocycles. The second kappa shape index (κ2) is 8.47. The van der Waals surface area contributed by atoms with Crippen molar-refractivity contribution < 1.29 is 17.9 Å². The number of hydrogen-bond donors (Lipinski definition) is 1. The second-order valence-corrected chi connectivity index (χ2v) is 7.59. The van der Waals surface area contributed by atoms with Crippen molar-refractivity contribution in [3.63, 3.8) is 0 Å². The third kappa shape index (κ3) is 3.92. The van der Waals surface area contributed by atoms with E-state index in [1.54, 1.807) is 42.8 Å². The third-order valence-electron chi connectivity index (χ3n) is 5.25. The monoisotopic (exact) mass is 475 g/mol. The fourth-order valence-electron chi connectivity index (χ4n) is 3.75. The largest absolute Gasteiger partial charge is 0.492 e. The number of hydrogen-bond acceptors (Lipinski definition) is 5. The van der Waals surface area contributed by atoms with Crippen LogP contribution in [0.1, 0.15) is 25.1 Å². The number of aryl methyl sites for hydroxylation is 1. The van der Waals surface area contributed by atoms with Gasteiger partial charge in [0.25, 0.3) is 5.56 Å². The lowest BCUT2D eigenvalue weighted by Crippen LogP contribution is -2.20. The van der Waals surface area contributed by atoms with Crippen molar-refractivity contribution in [1.82, 2.24) is 24.3 Å². The maximum atomic E-state index is 14.1. The fourth-order valence-corrected chi connectivity index (χ4v) is 4.03. The minimum Gasteiger partial charge on any atom is -0.492 e. The first-order valence-corrected chi connectivity index (χ1v) is 10.6. The minimum absolute atomic E-state index is 0.0367. The zero-order valence-corrected chi connectivity index (χ0v) is 18.8. The van der Waals surface area contributed by atoms with Gasteiger partial charge in [0.1, 0.15) is 5.75 Å². The Kier molecular flexibility index (Phi) is 5.83. The molecule has 0 spiro atoms. The van der Waals surface area contributed by atoms with Gasteiger partial charge in [-0.15, -0.1) is 0 Å². The van der Waals surface area contributed by atoms with Crippen molar-refractivity contribution in [3.05, 3.63) is 62.9 Å². The Morgan fingerprint density at radius 2 is 1.94 bits per heavy atom. The van der Waals surface area contributed by atoms with E-state index < -0.39 is 22.7 Å². The first-order chi connectivity index (χ1) is 15.7. The van der Waals surface area contributed by atoms with Crippen LogP contribution in [0.3, 0.4) is 0 Å². The number of para-hydroxylation sites is 2. The van der Waals surface area contributed by atoms with Crippen LogP contribution in [0.4, 0.5) is 13.2 Å². The third-order valence-corrected chi connectivity index (χ3v) is 5.54. The van der Waals surface area contributed by atoms with Gasteiger partial charge in [0, 0.05) is 17.8 Å². The molecule has 0 unspecified atom stereocenters. The van der Waals surface area contributed by atoms with Gasteiger partial charge in [-0.05, 0) is 51.2 Å². The summed E-state index contributed by atoms with van der Waals surface area (Å²) in [7, 11) is 0. The van der Waals surface area contributed by atoms with Gasteiger partial charge in [-0.1, -0.05) is 12.1 Å². The average molecular weight is 475 g/mol. The van der Waals surface area contributed by atoms with E-state index in [0.29, 0.717) is 35.8 Å². The number of H-pyrrole nitrogens is 1. The molecule has 4 aromatic rings. The number of nitrogens with one attached hydrogen (secondary N) is 1. The number of pyridine rings is 1. The van der Waals surface area contributed by atoms with Crippen LogP contribution in [-0.2, 0) is 12.7 Å². The van der Waals surface area contributed by atoms with Crippen molar-refractivity contribution in [2.45, 2.75) is 33.5 Å². The zero-order valence-electron chi connectivity index (χ0n) is 18.0. The van der Waals surface area contributed by atoms with Crippen LogP contribution in [0, 0.1) is 11.7 Å². The maximum absolute atomic E-state index is 14.1. The van der Waals surface area contributed by atoms with Crippen LogP contribution in [0.15, 0.2) is 41.3 Å². The van der Waals surface area contributed by atoms with Crippen LogP contribution in [0.5, 0.6) is 5.75 Å². The normalized spacial score (nSPS) is 11.8. The lowest BCUT2D eigenvalue weighted by molar-refractivity contribution is -0.136. The Hall–Kier alpha value is -3.47. The molecule has 4 rings (SSSR count). The summed E-state index contributed by atoms with van der Waals surface area (Å²) in [6, 6.07) is 7.61. The molecule has 0 aliphatic rings. The van der Waals surface area contributed by atoms with E-state index in [0.717, 1.165) is 6.07 Å². The molecule has 0 aliphatic carbocycles. The zero-order chi connectivity index (χ0) is 23.9. The van der Waals surface area contributed by atoms with E-state index in [9.17, 15) is 18.0 Å². The molecule has 3 aromatic heterocycles. The molecular weight excluding hydrogens is 455 g/mol. The van der Waals surface area contributed by atoms with Gasteiger partial charge in [-0.3, -0.25) is 19.0 Å². The molecule has 3 heterocycles. The van der Waals surface area contributed by atoms with Crippen molar-refractivity contribution in [2.75, 3.05) is 6.61 Å². The fraction of sp³-hybridized carbons (Fsp3) is 0.273. The summed E-state index contributed by atoms with van der Waals surface area (Å²) in [5.41, 5.74) is -0.803. The number of alkyl halides is 3. The quantitative estimate of drug-likeness (QED) is 0.409. The average Bonchev–Trinajstić information content (AvgIpc) is 3.14. The van der Waals surface area contributed by atoms with E-state index in [1.807, 2.05) is 6.92 Å². The highest BCUT2D eigenvalue weighted by Gasteiger charge is 2.36. The topological polar surface area (TPSA) is 77.7 Å². The molecule has 0 saturated carbocycles. The number of nitrogens with zero attached hydrogens (tertiary/aromatic N) is 4. The number of ether oxygens (including phenoxy) is 1. The first kappa shape index (κ1) is 22.7. The molecule has 11 heteroatoms. The summed E-state index contributed by atoms with van der Waals surface area (Å²) in [4.78, 5) is 19.6.